The van der Waals surface area contributed by atoms with E-state index in [-0.39, 0.29) is 18.3 Å². The molecule has 0 aromatic carbocycles. The Morgan fingerprint density at radius 2 is 2.00 bits per heavy atom. The third-order valence-electron chi connectivity index (χ3n) is 4.40. The molecule has 3 atom stereocenters. The second kappa shape index (κ2) is 5.46. The molecule has 2 aliphatic carbocycles. The van der Waals surface area contributed by atoms with Gasteiger partial charge in [-0.3, -0.25) is 4.79 Å². The summed E-state index contributed by atoms with van der Waals surface area (Å²) in [5.41, 5.74) is 0. The average molecular weight is 279 g/mol. The highest BCUT2D eigenvalue weighted by Gasteiger charge is 2.57. The smallest absolute Gasteiger partial charge is 0.179 e. The summed E-state index contributed by atoms with van der Waals surface area (Å²) in [6.45, 7) is 0.268. The van der Waals surface area contributed by atoms with Crippen molar-refractivity contribution in [3.63, 3.8) is 0 Å². The van der Waals surface area contributed by atoms with Crippen molar-refractivity contribution in [2.75, 3.05) is 6.61 Å². The van der Waals surface area contributed by atoms with Crippen LogP contribution in [0, 0.1) is 17.8 Å². The van der Waals surface area contributed by atoms with Crippen molar-refractivity contribution in [2.24, 2.45) is 17.8 Å². The van der Waals surface area contributed by atoms with Gasteiger partial charge in [0.1, 0.15) is 0 Å². The lowest BCUT2D eigenvalue weighted by molar-refractivity contribution is -0.118. The van der Waals surface area contributed by atoms with Gasteiger partial charge in [-0.15, -0.1) is 0 Å². The molecule has 2 rings (SSSR count). The van der Waals surface area contributed by atoms with Crippen LogP contribution in [0.25, 0.3) is 0 Å². The molecule has 2 nitrogen and oxygen atoms in total. The number of carbonyl (C=O) groups is 1. The Balaban J connectivity index is 1.90. The third kappa shape index (κ3) is 2.64. The first-order valence-electron chi connectivity index (χ1n) is 6.59. The van der Waals surface area contributed by atoms with Crippen LogP contribution in [0.2, 0.25) is 0 Å². The van der Waals surface area contributed by atoms with Crippen molar-refractivity contribution in [1.29, 1.82) is 0 Å². The number of ketones is 1. The maximum atomic E-state index is 11.7. The molecule has 1 N–H and O–H groups in total. The van der Waals surface area contributed by atoms with Gasteiger partial charge in [0, 0.05) is 18.9 Å². The molecule has 2 fully saturated rings. The van der Waals surface area contributed by atoms with Crippen LogP contribution in [0.5, 0.6) is 0 Å². The van der Waals surface area contributed by atoms with Gasteiger partial charge in [-0.2, -0.15) is 0 Å². The van der Waals surface area contributed by atoms with E-state index in [9.17, 15) is 4.79 Å². The number of aliphatic hydroxyl groups is 1. The van der Waals surface area contributed by atoms with Crippen molar-refractivity contribution in [3.8, 4) is 0 Å². The summed E-state index contributed by atoms with van der Waals surface area (Å²) in [4.78, 5) is 11.7. The largest absolute Gasteiger partial charge is 0.396 e. The molecule has 3 unspecified atom stereocenters. The van der Waals surface area contributed by atoms with Crippen LogP contribution in [0.1, 0.15) is 44.9 Å². The molecule has 0 heterocycles. The monoisotopic (exact) mass is 278 g/mol. The fourth-order valence-corrected chi connectivity index (χ4v) is 4.44. The van der Waals surface area contributed by atoms with Crippen LogP contribution >= 0.6 is 23.2 Å². The minimum atomic E-state index is -1.12. The average Bonchev–Trinajstić information content (AvgIpc) is 2.76. The molecule has 0 amide bonds. The Hall–Kier alpha value is 0.210. The van der Waals surface area contributed by atoms with E-state index in [0.29, 0.717) is 18.3 Å². The lowest BCUT2D eigenvalue weighted by Gasteiger charge is -2.26. The summed E-state index contributed by atoms with van der Waals surface area (Å²) in [5, 5.41) is 8.74. The Morgan fingerprint density at radius 1 is 1.24 bits per heavy atom. The summed E-state index contributed by atoms with van der Waals surface area (Å²) >= 11 is 12.5. The number of aliphatic hydroxyl groups excluding tert-OH is 1. The number of carbonyl (C=O) groups excluding carboxylic acids is 1. The standard InChI is InChI=1S/C13H20Cl2O2/c14-13(15)11(17)8-10-6-5-9(12(10)13)4-2-1-3-7-16/h9-10,12,16H,1-8H2. The number of halogens is 2. The van der Waals surface area contributed by atoms with E-state index in [1.807, 2.05) is 0 Å². The molecular weight excluding hydrogens is 259 g/mol. The quantitative estimate of drug-likeness (QED) is 0.619. The topological polar surface area (TPSA) is 37.3 Å². The van der Waals surface area contributed by atoms with Crippen molar-refractivity contribution in [2.45, 2.75) is 49.3 Å². The van der Waals surface area contributed by atoms with Crippen LogP contribution < -0.4 is 0 Å². The molecular formula is C13H20Cl2O2. The number of alkyl halides is 2. The Labute approximate surface area is 113 Å². The summed E-state index contributed by atoms with van der Waals surface area (Å²) < 4.78 is -1.12. The normalized spacial score (nSPS) is 35.2. The van der Waals surface area contributed by atoms with Crippen molar-refractivity contribution < 1.29 is 9.90 Å². The highest BCUT2D eigenvalue weighted by atomic mass is 35.5. The SMILES string of the molecule is O=C1CC2CCC(CCCCCO)C2C1(Cl)Cl. The predicted molar refractivity (Wildman–Crippen MR) is 69.3 cm³/mol. The molecule has 17 heavy (non-hydrogen) atoms. The number of rotatable bonds is 5. The van der Waals surface area contributed by atoms with E-state index in [2.05, 4.69) is 0 Å². The highest BCUT2D eigenvalue weighted by molar-refractivity contribution is 6.59. The zero-order valence-electron chi connectivity index (χ0n) is 10.0. The number of hydrogen-bond donors (Lipinski definition) is 1. The molecule has 0 saturated heterocycles. The lowest BCUT2D eigenvalue weighted by Crippen LogP contribution is -2.31. The number of Topliss-reactive ketones (excluding diaryl/α,β-unsaturated/α-hetero) is 1. The van der Waals surface area contributed by atoms with Crippen LogP contribution in [0.3, 0.4) is 0 Å². The molecule has 4 heteroatoms. The first kappa shape index (κ1) is 13.6. The summed E-state index contributed by atoms with van der Waals surface area (Å²) in [7, 11) is 0. The molecule has 0 aromatic rings. The Morgan fingerprint density at radius 3 is 2.71 bits per heavy atom. The highest BCUT2D eigenvalue weighted by Crippen LogP contribution is 2.56. The molecule has 0 radical (unpaired) electrons. The van der Waals surface area contributed by atoms with E-state index < -0.39 is 4.33 Å². The Bertz CT molecular complexity index is 291. The maximum absolute atomic E-state index is 11.7. The number of hydrogen-bond acceptors (Lipinski definition) is 2. The van der Waals surface area contributed by atoms with Crippen LogP contribution in [-0.2, 0) is 4.79 Å². The van der Waals surface area contributed by atoms with Gasteiger partial charge in [0.25, 0.3) is 0 Å². The van der Waals surface area contributed by atoms with Gasteiger partial charge in [0.15, 0.2) is 10.1 Å². The maximum Gasteiger partial charge on any atom is 0.179 e. The molecule has 2 saturated carbocycles. The molecule has 0 bridgehead atoms. The third-order valence-corrected chi connectivity index (χ3v) is 5.32. The number of unbranched alkanes of at least 4 members (excludes halogenated alkanes) is 2. The molecule has 0 spiro atoms. The van der Waals surface area contributed by atoms with E-state index >= 15 is 0 Å². The lowest BCUT2D eigenvalue weighted by atomic mass is 9.87. The minimum absolute atomic E-state index is 0.0240. The van der Waals surface area contributed by atoms with Gasteiger partial charge in [-0.05, 0) is 31.1 Å². The predicted octanol–water partition coefficient (Wildman–Crippen LogP) is 3.33. The van der Waals surface area contributed by atoms with Crippen LogP contribution in [0.15, 0.2) is 0 Å². The minimum Gasteiger partial charge on any atom is -0.396 e. The first-order valence-corrected chi connectivity index (χ1v) is 7.35. The summed E-state index contributed by atoms with van der Waals surface area (Å²) in [6.07, 6.45) is 6.95. The van der Waals surface area contributed by atoms with Gasteiger partial charge in [-0.25, -0.2) is 0 Å². The fourth-order valence-electron chi connectivity index (χ4n) is 3.57. The Kier molecular flexibility index (Phi) is 4.38. The molecule has 0 aliphatic heterocycles. The first-order chi connectivity index (χ1) is 8.07. The van der Waals surface area contributed by atoms with Gasteiger partial charge in [-0.1, -0.05) is 42.5 Å². The summed E-state index contributed by atoms with van der Waals surface area (Å²) in [6, 6.07) is 0. The van der Waals surface area contributed by atoms with E-state index in [1.54, 1.807) is 0 Å². The fraction of sp³-hybridized carbons (Fsp3) is 0.923. The van der Waals surface area contributed by atoms with Gasteiger partial charge < -0.3 is 5.11 Å². The van der Waals surface area contributed by atoms with E-state index in [0.717, 1.165) is 38.5 Å². The van der Waals surface area contributed by atoms with Gasteiger partial charge in [0.2, 0.25) is 0 Å². The molecule has 98 valence electrons. The molecule has 2 aliphatic rings. The zero-order chi connectivity index (χ0) is 12.5. The van der Waals surface area contributed by atoms with E-state index in [4.69, 9.17) is 28.3 Å². The number of fused-ring (bicyclic) bond motifs is 1. The van der Waals surface area contributed by atoms with Crippen molar-refractivity contribution >= 4 is 29.0 Å². The zero-order valence-corrected chi connectivity index (χ0v) is 11.5. The van der Waals surface area contributed by atoms with Crippen LogP contribution in [0.4, 0.5) is 0 Å². The second-order valence-electron chi connectivity index (χ2n) is 5.45. The van der Waals surface area contributed by atoms with Crippen molar-refractivity contribution in [3.05, 3.63) is 0 Å². The van der Waals surface area contributed by atoms with Crippen LogP contribution in [-0.4, -0.2) is 21.8 Å². The van der Waals surface area contributed by atoms with E-state index in [1.165, 1.54) is 0 Å². The molecule has 0 aromatic heterocycles. The van der Waals surface area contributed by atoms with Gasteiger partial charge in [0.05, 0.1) is 0 Å². The van der Waals surface area contributed by atoms with Crippen molar-refractivity contribution in [1.82, 2.24) is 0 Å². The second-order valence-corrected chi connectivity index (χ2v) is 6.83. The summed E-state index contributed by atoms with van der Waals surface area (Å²) in [5.74, 6) is 1.11. The van der Waals surface area contributed by atoms with Gasteiger partial charge >= 0.3 is 0 Å².